The zero-order chi connectivity index (χ0) is 12.0. The van der Waals surface area contributed by atoms with E-state index in [2.05, 4.69) is 0 Å². The molecule has 88 valence electrons. The third-order valence-corrected chi connectivity index (χ3v) is 2.36. The van der Waals surface area contributed by atoms with Crippen LogP contribution in [0.2, 0.25) is 0 Å². The molecule has 0 radical (unpaired) electrons. The van der Waals surface area contributed by atoms with Crippen molar-refractivity contribution in [2.24, 2.45) is 0 Å². The zero-order valence-electron chi connectivity index (χ0n) is 9.77. The van der Waals surface area contributed by atoms with E-state index >= 15 is 0 Å². The lowest BCUT2D eigenvalue weighted by Crippen LogP contribution is -2.16. The largest absolute Gasteiger partial charge is 0.464 e. The van der Waals surface area contributed by atoms with Crippen LogP contribution in [0.3, 0.4) is 0 Å². The zero-order valence-corrected chi connectivity index (χ0v) is 9.77. The number of hydrogen-bond acceptors (Lipinski definition) is 3. The van der Waals surface area contributed by atoms with Crippen molar-refractivity contribution in [1.29, 1.82) is 0 Å². The van der Waals surface area contributed by atoms with E-state index < -0.39 is 12.1 Å². The summed E-state index contributed by atoms with van der Waals surface area (Å²) in [6.45, 7) is 4.35. The number of unbranched alkanes of at least 4 members (excludes halogenated alkanes) is 1. The summed E-state index contributed by atoms with van der Waals surface area (Å²) in [7, 11) is 0. The van der Waals surface area contributed by atoms with Crippen LogP contribution in [-0.2, 0) is 9.53 Å². The molecular weight excluding hydrogens is 204 g/mol. The third kappa shape index (κ3) is 3.66. The first-order chi connectivity index (χ1) is 7.65. The van der Waals surface area contributed by atoms with Gasteiger partial charge in [0.25, 0.3) is 0 Å². The van der Waals surface area contributed by atoms with Gasteiger partial charge in [-0.2, -0.15) is 0 Å². The van der Waals surface area contributed by atoms with Crippen LogP contribution in [0.4, 0.5) is 0 Å². The molecule has 1 unspecified atom stereocenters. The number of hydrogen-bond donors (Lipinski definition) is 1. The number of aliphatic hydroxyl groups is 1. The molecule has 0 aromatic heterocycles. The fourth-order valence-corrected chi connectivity index (χ4v) is 1.28. The van der Waals surface area contributed by atoms with Crippen molar-refractivity contribution in [2.45, 2.75) is 32.8 Å². The number of aryl methyl sites for hydroxylation is 1. The van der Waals surface area contributed by atoms with E-state index in [-0.39, 0.29) is 0 Å². The second-order valence-corrected chi connectivity index (χ2v) is 3.83. The van der Waals surface area contributed by atoms with Gasteiger partial charge < -0.3 is 9.84 Å². The first kappa shape index (κ1) is 12.7. The molecule has 1 aromatic rings. The average molecular weight is 222 g/mol. The molecule has 0 bridgehead atoms. The van der Waals surface area contributed by atoms with Crippen molar-refractivity contribution in [2.75, 3.05) is 6.61 Å². The molecule has 0 saturated carbocycles. The number of carbonyl (C=O) groups excluding carboxylic acids is 1. The highest BCUT2D eigenvalue weighted by molar-refractivity contribution is 5.76. The number of rotatable bonds is 5. The summed E-state index contributed by atoms with van der Waals surface area (Å²) in [5.74, 6) is -0.572. The fourth-order valence-electron chi connectivity index (χ4n) is 1.28. The van der Waals surface area contributed by atoms with E-state index in [1.807, 2.05) is 26.0 Å². The Hall–Kier alpha value is -1.35. The smallest absolute Gasteiger partial charge is 0.339 e. The Morgan fingerprint density at radius 1 is 1.38 bits per heavy atom. The minimum Gasteiger partial charge on any atom is -0.464 e. The van der Waals surface area contributed by atoms with E-state index in [1.165, 1.54) is 0 Å². The fraction of sp³-hybridized carbons (Fsp3) is 0.462. The maximum atomic E-state index is 11.4. The molecule has 1 N–H and O–H groups in total. The number of aliphatic hydroxyl groups excluding tert-OH is 1. The van der Waals surface area contributed by atoms with Gasteiger partial charge in [0.2, 0.25) is 0 Å². The number of carbonyl (C=O) groups is 1. The van der Waals surface area contributed by atoms with Gasteiger partial charge in [-0.3, -0.25) is 0 Å². The van der Waals surface area contributed by atoms with Crippen LogP contribution in [-0.4, -0.2) is 17.7 Å². The molecule has 0 spiro atoms. The van der Waals surface area contributed by atoms with Gasteiger partial charge in [-0.1, -0.05) is 43.2 Å². The molecule has 0 heterocycles. The predicted octanol–water partition coefficient (Wildman–Crippen LogP) is 2.37. The Balaban J connectivity index is 2.53. The van der Waals surface area contributed by atoms with E-state index in [9.17, 15) is 9.90 Å². The first-order valence-corrected chi connectivity index (χ1v) is 5.56. The standard InChI is InChI=1S/C13H18O3/c1-3-4-9-16-13(15)12(14)11-7-5-10(2)6-8-11/h5-8,12,14H,3-4,9H2,1-2H3. The van der Waals surface area contributed by atoms with Gasteiger partial charge in [0.05, 0.1) is 6.61 Å². The molecule has 3 heteroatoms. The van der Waals surface area contributed by atoms with Crippen molar-refractivity contribution in [1.82, 2.24) is 0 Å². The van der Waals surface area contributed by atoms with Crippen molar-refractivity contribution in [3.05, 3.63) is 35.4 Å². The van der Waals surface area contributed by atoms with Crippen LogP contribution in [0.1, 0.15) is 37.0 Å². The van der Waals surface area contributed by atoms with Gasteiger partial charge in [0.15, 0.2) is 6.10 Å². The number of ether oxygens (including phenoxy) is 1. The lowest BCUT2D eigenvalue weighted by molar-refractivity contribution is -0.154. The summed E-state index contributed by atoms with van der Waals surface area (Å²) in [6.07, 6.45) is 0.623. The summed E-state index contributed by atoms with van der Waals surface area (Å²) < 4.78 is 4.94. The molecule has 0 aliphatic rings. The Morgan fingerprint density at radius 3 is 2.56 bits per heavy atom. The summed E-state index contributed by atoms with van der Waals surface area (Å²) in [4.78, 5) is 11.4. The van der Waals surface area contributed by atoms with E-state index in [0.717, 1.165) is 18.4 Å². The predicted molar refractivity (Wildman–Crippen MR) is 62.0 cm³/mol. The Labute approximate surface area is 96.1 Å². The number of benzene rings is 1. The van der Waals surface area contributed by atoms with Crippen molar-refractivity contribution >= 4 is 5.97 Å². The topological polar surface area (TPSA) is 46.5 Å². The minimum atomic E-state index is -1.17. The lowest BCUT2D eigenvalue weighted by Gasteiger charge is -2.10. The normalized spacial score (nSPS) is 12.2. The average Bonchev–Trinajstić information content (AvgIpc) is 2.29. The van der Waals surface area contributed by atoms with Gasteiger partial charge in [0.1, 0.15) is 0 Å². The highest BCUT2D eigenvalue weighted by Crippen LogP contribution is 2.15. The van der Waals surface area contributed by atoms with Crippen molar-refractivity contribution in [3.8, 4) is 0 Å². The minimum absolute atomic E-state index is 0.373. The molecular formula is C13H18O3. The second-order valence-electron chi connectivity index (χ2n) is 3.83. The monoisotopic (exact) mass is 222 g/mol. The Bertz CT molecular complexity index is 330. The van der Waals surface area contributed by atoms with Crippen LogP contribution >= 0.6 is 0 Å². The molecule has 1 atom stereocenters. The maximum absolute atomic E-state index is 11.4. The van der Waals surface area contributed by atoms with Gasteiger partial charge >= 0.3 is 5.97 Å². The van der Waals surface area contributed by atoms with Crippen LogP contribution in [0.25, 0.3) is 0 Å². The SMILES string of the molecule is CCCCOC(=O)C(O)c1ccc(C)cc1. The molecule has 0 amide bonds. The van der Waals surface area contributed by atoms with Crippen LogP contribution in [0.5, 0.6) is 0 Å². The van der Waals surface area contributed by atoms with Crippen LogP contribution in [0, 0.1) is 6.92 Å². The molecule has 16 heavy (non-hydrogen) atoms. The molecule has 0 fully saturated rings. The van der Waals surface area contributed by atoms with Gasteiger partial charge in [0, 0.05) is 0 Å². The van der Waals surface area contributed by atoms with E-state index in [0.29, 0.717) is 12.2 Å². The Kier molecular flexibility index (Phi) is 4.99. The Morgan fingerprint density at radius 2 is 2.00 bits per heavy atom. The summed E-state index contributed by atoms with van der Waals surface area (Å²) in [6, 6.07) is 7.19. The highest BCUT2D eigenvalue weighted by Gasteiger charge is 2.18. The van der Waals surface area contributed by atoms with E-state index in [1.54, 1.807) is 12.1 Å². The van der Waals surface area contributed by atoms with E-state index in [4.69, 9.17) is 4.74 Å². The van der Waals surface area contributed by atoms with Gasteiger partial charge in [-0.05, 0) is 18.9 Å². The molecule has 1 rings (SSSR count). The van der Waals surface area contributed by atoms with Crippen LogP contribution in [0.15, 0.2) is 24.3 Å². The first-order valence-electron chi connectivity index (χ1n) is 5.56. The van der Waals surface area contributed by atoms with Crippen molar-refractivity contribution in [3.63, 3.8) is 0 Å². The maximum Gasteiger partial charge on any atom is 0.339 e. The third-order valence-electron chi connectivity index (χ3n) is 2.36. The molecule has 0 aliphatic carbocycles. The quantitative estimate of drug-likeness (QED) is 0.614. The lowest BCUT2D eigenvalue weighted by atomic mass is 10.1. The summed E-state index contributed by atoms with van der Waals surface area (Å²) in [5.41, 5.74) is 1.67. The molecule has 0 saturated heterocycles. The highest BCUT2D eigenvalue weighted by atomic mass is 16.5. The molecule has 3 nitrogen and oxygen atoms in total. The van der Waals surface area contributed by atoms with Crippen molar-refractivity contribution < 1.29 is 14.6 Å². The second kappa shape index (κ2) is 6.28. The molecule has 1 aromatic carbocycles. The van der Waals surface area contributed by atoms with Gasteiger partial charge in [-0.25, -0.2) is 4.79 Å². The number of esters is 1. The summed E-state index contributed by atoms with van der Waals surface area (Å²) >= 11 is 0. The van der Waals surface area contributed by atoms with Crippen LogP contribution < -0.4 is 0 Å². The molecule has 0 aliphatic heterocycles. The summed E-state index contributed by atoms with van der Waals surface area (Å²) in [5, 5.41) is 9.70. The van der Waals surface area contributed by atoms with Gasteiger partial charge in [-0.15, -0.1) is 0 Å².